The number of nitrogens with one attached hydrogen (secondary N) is 1. The molecule has 0 aliphatic rings. The molecule has 3 aromatic rings. The summed E-state index contributed by atoms with van der Waals surface area (Å²) in [5, 5.41) is 11.6. The number of aromatic carboxylic acids is 1. The molecule has 3 aromatic carbocycles. The van der Waals surface area contributed by atoms with Crippen molar-refractivity contribution in [3.8, 4) is 16.9 Å². The van der Waals surface area contributed by atoms with Crippen molar-refractivity contribution >= 4 is 29.2 Å². The number of amides is 1. The molecule has 0 atom stereocenters. The van der Waals surface area contributed by atoms with Crippen molar-refractivity contribution in [1.82, 2.24) is 0 Å². The number of carbonyl (C=O) groups is 2. The fourth-order valence-corrected chi connectivity index (χ4v) is 2.98. The zero-order valence-electron chi connectivity index (χ0n) is 15.0. The molecule has 148 valence electrons. The van der Waals surface area contributed by atoms with Crippen molar-refractivity contribution in [2.75, 3.05) is 12.4 Å². The van der Waals surface area contributed by atoms with Crippen molar-refractivity contribution in [2.24, 2.45) is 0 Å². The molecule has 0 unspecified atom stereocenters. The molecule has 2 N–H and O–H groups in total. The van der Waals surface area contributed by atoms with Crippen LogP contribution in [0.15, 0.2) is 54.6 Å². The molecule has 0 aliphatic heterocycles. The van der Waals surface area contributed by atoms with E-state index in [9.17, 15) is 18.4 Å². The lowest BCUT2D eigenvalue weighted by atomic mass is 10.0. The summed E-state index contributed by atoms with van der Waals surface area (Å²) in [5.74, 6) is -3.92. The first-order valence-corrected chi connectivity index (χ1v) is 8.65. The molecule has 0 radical (unpaired) electrons. The molecule has 8 heteroatoms. The molecular formula is C21H14ClF2NO4. The molecule has 0 aromatic heterocycles. The molecule has 29 heavy (non-hydrogen) atoms. The van der Waals surface area contributed by atoms with E-state index in [2.05, 4.69) is 5.32 Å². The molecule has 0 saturated carbocycles. The number of methoxy groups -OCH3 is 1. The number of carboxylic acid groups (broad SMARTS) is 1. The molecule has 0 bridgehead atoms. The molecule has 0 heterocycles. The fraction of sp³-hybridized carbons (Fsp3) is 0.0476. The Morgan fingerprint density at radius 3 is 2.14 bits per heavy atom. The van der Waals surface area contributed by atoms with Gasteiger partial charge in [-0.05, 0) is 53.6 Å². The van der Waals surface area contributed by atoms with Crippen LogP contribution in [0.25, 0.3) is 11.1 Å². The Labute approximate surface area is 169 Å². The maximum atomic E-state index is 14.6. The standard InChI is InChI=1S/C21H14ClF2NO4/c1-29-14-7-11(6-13(22)10-14)12-8-17(23)19(18(24)9-12)25-20(26)15-4-2-3-5-16(15)21(27)28/h2-10H,1H3,(H,25,26)(H,27,28). The van der Waals surface area contributed by atoms with E-state index in [1.165, 1.54) is 37.4 Å². The number of hydrogen-bond acceptors (Lipinski definition) is 3. The fourth-order valence-electron chi connectivity index (χ4n) is 2.75. The SMILES string of the molecule is COc1cc(Cl)cc(-c2cc(F)c(NC(=O)c3ccccc3C(=O)O)c(F)c2)c1. The number of rotatable bonds is 5. The van der Waals surface area contributed by atoms with Gasteiger partial charge in [0.1, 0.15) is 23.1 Å². The monoisotopic (exact) mass is 417 g/mol. The van der Waals surface area contributed by atoms with Crippen LogP contribution in [0.4, 0.5) is 14.5 Å². The lowest BCUT2D eigenvalue weighted by molar-refractivity contribution is 0.0692. The van der Waals surface area contributed by atoms with Crippen LogP contribution in [-0.2, 0) is 0 Å². The van der Waals surface area contributed by atoms with Gasteiger partial charge in [-0.25, -0.2) is 13.6 Å². The summed E-state index contributed by atoms with van der Waals surface area (Å²) in [7, 11) is 1.43. The highest BCUT2D eigenvalue weighted by Gasteiger charge is 2.20. The lowest BCUT2D eigenvalue weighted by Gasteiger charge is -2.12. The summed E-state index contributed by atoms with van der Waals surface area (Å²) in [6, 6.07) is 12.0. The third-order valence-corrected chi connectivity index (χ3v) is 4.34. The average Bonchev–Trinajstić information content (AvgIpc) is 2.69. The summed E-state index contributed by atoms with van der Waals surface area (Å²) in [5.41, 5.74) is -0.588. The van der Waals surface area contributed by atoms with Crippen molar-refractivity contribution in [3.05, 3.63) is 82.4 Å². The number of halogens is 3. The van der Waals surface area contributed by atoms with E-state index in [0.29, 0.717) is 16.3 Å². The van der Waals surface area contributed by atoms with E-state index in [1.807, 2.05) is 0 Å². The van der Waals surface area contributed by atoms with Crippen LogP contribution in [0.3, 0.4) is 0 Å². The second-order valence-electron chi connectivity index (χ2n) is 6.00. The van der Waals surface area contributed by atoms with Crippen LogP contribution >= 0.6 is 11.6 Å². The van der Waals surface area contributed by atoms with E-state index < -0.39 is 29.2 Å². The van der Waals surface area contributed by atoms with Crippen molar-refractivity contribution in [3.63, 3.8) is 0 Å². The summed E-state index contributed by atoms with van der Waals surface area (Å²) < 4.78 is 34.3. The quantitative estimate of drug-likeness (QED) is 0.595. The predicted octanol–water partition coefficient (Wildman–Crippen LogP) is 5.24. The minimum atomic E-state index is -1.33. The largest absolute Gasteiger partial charge is 0.497 e. The highest BCUT2D eigenvalue weighted by Crippen LogP contribution is 2.32. The number of ether oxygens (including phenoxy) is 1. The van der Waals surface area contributed by atoms with Crippen LogP contribution < -0.4 is 10.1 Å². The minimum absolute atomic E-state index is 0.185. The van der Waals surface area contributed by atoms with Gasteiger partial charge in [0.2, 0.25) is 0 Å². The van der Waals surface area contributed by atoms with Gasteiger partial charge in [0.15, 0.2) is 0 Å². The number of benzene rings is 3. The maximum absolute atomic E-state index is 14.6. The Kier molecular flexibility index (Phi) is 5.79. The second kappa shape index (κ2) is 8.28. The number of anilines is 1. The molecule has 3 rings (SSSR count). The molecule has 0 aliphatic carbocycles. The third-order valence-electron chi connectivity index (χ3n) is 4.12. The Morgan fingerprint density at radius 1 is 0.966 bits per heavy atom. The van der Waals surface area contributed by atoms with Crippen LogP contribution in [0.1, 0.15) is 20.7 Å². The summed E-state index contributed by atoms with van der Waals surface area (Å²) in [4.78, 5) is 23.6. The van der Waals surface area contributed by atoms with Gasteiger partial charge in [0.25, 0.3) is 5.91 Å². The third kappa shape index (κ3) is 4.35. The Morgan fingerprint density at radius 2 is 1.55 bits per heavy atom. The first-order valence-electron chi connectivity index (χ1n) is 8.28. The van der Waals surface area contributed by atoms with Crippen LogP contribution in [0.2, 0.25) is 5.02 Å². The van der Waals surface area contributed by atoms with Gasteiger partial charge in [-0.2, -0.15) is 0 Å². The summed E-state index contributed by atoms with van der Waals surface area (Å²) in [6.45, 7) is 0. The van der Waals surface area contributed by atoms with Gasteiger partial charge in [-0.1, -0.05) is 23.7 Å². The number of hydrogen-bond donors (Lipinski definition) is 2. The van der Waals surface area contributed by atoms with E-state index >= 15 is 0 Å². The Bertz CT molecular complexity index is 1090. The molecule has 0 fully saturated rings. The van der Waals surface area contributed by atoms with Gasteiger partial charge >= 0.3 is 5.97 Å². The number of carbonyl (C=O) groups excluding carboxylic acids is 1. The minimum Gasteiger partial charge on any atom is -0.497 e. The van der Waals surface area contributed by atoms with Crippen LogP contribution in [0, 0.1) is 11.6 Å². The highest BCUT2D eigenvalue weighted by atomic mass is 35.5. The smallest absolute Gasteiger partial charge is 0.336 e. The van der Waals surface area contributed by atoms with E-state index in [-0.39, 0.29) is 16.7 Å². The number of carboxylic acids is 1. The van der Waals surface area contributed by atoms with Crippen LogP contribution in [0.5, 0.6) is 5.75 Å². The first-order chi connectivity index (χ1) is 13.8. The molecule has 0 saturated heterocycles. The topological polar surface area (TPSA) is 75.6 Å². The van der Waals surface area contributed by atoms with E-state index in [4.69, 9.17) is 21.4 Å². The van der Waals surface area contributed by atoms with Gasteiger partial charge in [0.05, 0.1) is 18.2 Å². The van der Waals surface area contributed by atoms with E-state index in [0.717, 1.165) is 12.1 Å². The maximum Gasteiger partial charge on any atom is 0.336 e. The van der Waals surface area contributed by atoms with Crippen molar-refractivity contribution in [1.29, 1.82) is 0 Å². The normalized spacial score (nSPS) is 10.5. The molecular weight excluding hydrogens is 404 g/mol. The van der Waals surface area contributed by atoms with Crippen molar-refractivity contribution in [2.45, 2.75) is 0 Å². The zero-order valence-corrected chi connectivity index (χ0v) is 15.8. The zero-order chi connectivity index (χ0) is 21.1. The Balaban J connectivity index is 1.96. The van der Waals surface area contributed by atoms with Crippen LogP contribution in [-0.4, -0.2) is 24.1 Å². The predicted molar refractivity (Wildman–Crippen MR) is 105 cm³/mol. The second-order valence-corrected chi connectivity index (χ2v) is 6.44. The van der Waals surface area contributed by atoms with E-state index in [1.54, 1.807) is 12.1 Å². The van der Waals surface area contributed by atoms with Gasteiger partial charge in [0, 0.05) is 5.02 Å². The average molecular weight is 418 g/mol. The van der Waals surface area contributed by atoms with Gasteiger partial charge in [-0.3, -0.25) is 4.79 Å². The summed E-state index contributed by atoms with van der Waals surface area (Å²) in [6.07, 6.45) is 0. The highest BCUT2D eigenvalue weighted by molar-refractivity contribution is 6.31. The van der Waals surface area contributed by atoms with Crippen molar-refractivity contribution < 1.29 is 28.2 Å². The van der Waals surface area contributed by atoms with Gasteiger partial charge < -0.3 is 15.2 Å². The lowest BCUT2D eigenvalue weighted by Crippen LogP contribution is -2.18. The summed E-state index contributed by atoms with van der Waals surface area (Å²) >= 11 is 5.99. The Hall–Kier alpha value is -3.45. The molecule has 0 spiro atoms. The molecule has 1 amide bonds. The first kappa shape index (κ1) is 20.3. The molecule has 5 nitrogen and oxygen atoms in total. The van der Waals surface area contributed by atoms with Gasteiger partial charge in [-0.15, -0.1) is 0 Å².